The second kappa shape index (κ2) is 7.13. The maximum atomic E-state index is 11.1. The number of nitrogens with zero attached hydrogens (tertiary/aromatic N) is 1. The van der Waals surface area contributed by atoms with Crippen LogP contribution in [0.15, 0.2) is 25.0 Å². The average Bonchev–Trinajstić information content (AvgIpc) is 2.42. The first-order valence-electron chi connectivity index (χ1n) is 5.79. The van der Waals surface area contributed by atoms with Crippen molar-refractivity contribution in [2.45, 2.75) is 19.8 Å². The molecular weight excluding hydrogens is 266 g/mol. The van der Waals surface area contributed by atoms with Crippen LogP contribution in [0, 0.1) is 17.0 Å². The van der Waals surface area contributed by atoms with Gasteiger partial charge in [-0.25, -0.2) is 0 Å². The number of nitro groups is 1. The van der Waals surface area contributed by atoms with Gasteiger partial charge >= 0.3 is 0 Å². The predicted molar refractivity (Wildman–Crippen MR) is 70.2 cm³/mol. The number of carbonyl (C=O) groups excluding carboxylic acids is 1. The fourth-order valence-electron chi connectivity index (χ4n) is 1.69. The summed E-state index contributed by atoms with van der Waals surface area (Å²) < 4.78 is 4.64. The molecule has 20 heavy (non-hydrogen) atoms. The van der Waals surface area contributed by atoms with E-state index in [0.717, 1.165) is 6.26 Å². The minimum atomic E-state index is -0.488. The number of aryl methyl sites for hydroxylation is 1. The quantitative estimate of drug-likeness (QED) is 0.239. The monoisotopic (exact) mass is 281 g/mol. The van der Waals surface area contributed by atoms with E-state index in [2.05, 4.69) is 16.2 Å². The highest BCUT2D eigenvalue weighted by Gasteiger charge is 2.22. The molecule has 0 aliphatic rings. The minimum Gasteiger partial charge on any atom is -0.467 e. The van der Waals surface area contributed by atoms with Crippen LogP contribution < -0.4 is 4.89 Å². The molecule has 0 saturated carbocycles. The second-order valence-electron chi connectivity index (χ2n) is 4.11. The highest BCUT2D eigenvalue weighted by atomic mass is 17.2. The number of nitro benzene ring substituents is 1. The minimum absolute atomic E-state index is 0.0369. The Morgan fingerprint density at radius 1 is 1.50 bits per heavy atom. The van der Waals surface area contributed by atoms with Crippen LogP contribution in [-0.2, 0) is 14.4 Å². The van der Waals surface area contributed by atoms with Crippen molar-refractivity contribution >= 4 is 12.2 Å². The van der Waals surface area contributed by atoms with E-state index in [4.69, 9.17) is 4.89 Å². The molecular formula is C13H15NO6. The molecule has 1 atom stereocenters. The average molecular weight is 281 g/mol. The summed E-state index contributed by atoms with van der Waals surface area (Å²) in [6.45, 7) is 7.04. The van der Waals surface area contributed by atoms with E-state index < -0.39 is 4.92 Å². The van der Waals surface area contributed by atoms with E-state index in [1.807, 2.05) is 0 Å². The zero-order valence-corrected chi connectivity index (χ0v) is 11.2. The zero-order chi connectivity index (χ0) is 15.1. The highest BCUT2D eigenvalue weighted by molar-refractivity contribution is 5.51. The Kier molecular flexibility index (Phi) is 5.52. The van der Waals surface area contributed by atoms with Crippen molar-refractivity contribution in [1.82, 2.24) is 0 Å². The number of hydrogen-bond donors (Lipinski definition) is 0. The second-order valence-corrected chi connectivity index (χ2v) is 4.11. The van der Waals surface area contributed by atoms with Gasteiger partial charge in [0.15, 0.2) is 5.75 Å². The van der Waals surface area contributed by atoms with Crippen LogP contribution in [0.3, 0.4) is 0 Å². The van der Waals surface area contributed by atoms with E-state index in [1.165, 1.54) is 12.1 Å². The van der Waals surface area contributed by atoms with Gasteiger partial charge in [-0.2, -0.15) is 0 Å². The molecule has 108 valence electrons. The fraction of sp³-hybridized carbons (Fsp3) is 0.308. The smallest absolute Gasteiger partial charge is 0.293 e. The molecule has 0 radical (unpaired) electrons. The zero-order valence-electron chi connectivity index (χ0n) is 11.2. The Labute approximate surface area is 115 Å². The maximum absolute atomic E-state index is 11.1. The largest absolute Gasteiger partial charge is 0.467 e. The van der Waals surface area contributed by atoms with Gasteiger partial charge in [-0.05, 0) is 13.0 Å². The lowest BCUT2D eigenvalue weighted by atomic mass is 9.98. The van der Waals surface area contributed by atoms with Crippen molar-refractivity contribution in [3.05, 3.63) is 46.2 Å². The molecule has 0 N–H and O–H groups in total. The van der Waals surface area contributed by atoms with E-state index in [0.29, 0.717) is 23.3 Å². The van der Waals surface area contributed by atoms with Gasteiger partial charge in [-0.1, -0.05) is 13.5 Å². The van der Waals surface area contributed by atoms with Crippen LogP contribution in [0.4, 0.5) is 5.69 Å². The van der Waals surface area contributed by atoms with Crippen molar-refractivity contribution in [3.8, 4) is 5.75 Å². The lowest BCUT2D eigenvalue weighted by Crippen LogP contribution is -2.08. The van der Waals surface area contributed by atoms with Crippen LogP contribution >= 0.6 is 0 Å². The van der Waals surface area contributed by atoms with Crippen LogP contribution in [0.2, 0.25) is 0 Å². The Balaban J connectivity index is 3.18. The van der Waals surface area contributed by atoms with E-state index in [-0.39, 0.29) is 18.2 Å². The number of benzene rings is 1. The summed E-state index contributed by atoms with van der Waals surface area (Å²) in [5.41, 5.74) is 0.881. The number of rotatable bonds is 8. The van der Waals surface area contributed by atoms with Gasteiger partial charge in [-0.15, -0.1) is 0 Å². The summed E-state index contributed by atoms with van der Waals surface area (Å²) in [5.74, 6) is -0.0178. The van der Waals surface area contributed by atoms with Gasteiger partial charge in [0.25, 0.3) is 12.2 Å². The summed E-state index contributed by atoms with van der Waals surface area (Å²) in [4.78, 5) is 30.4. The molecule has 0 aromatic heterocycles. The number of hydrogen-bond acceptors (Lipinski definition) is 6. The van der Waals surface area contributed by atoms with Crippen molar-refractivity contribution in [2.24, 2.45) is 0 Å². The molecule has 0 aliphatic carbocycles. The van der Waals surface area contributed by atoms with Crippen molar-refractivity contribution in [1.29, 1.82) is 0 Å². The summed E-state index contributed by atoms with van der Waals surface area (Å²) >= 11 is 0. The lowest BCUT2D eigenvalue weighted by Gasteiger charge is -2.13. The molecule has 0 heterocycles. The van der Waals surface area contributed by atoms with Gasteiger partial charge in [0.05, 0.1) is 11.5 Å². The first-order chi connectivity index (χ1) is 9.51. The Bertz CT molecular complexity index is 514. The molecule has 1 unspecified atom stereocenters. The van der Waals surface area contributed by atoms with E-state index in [9.17, 15) is 14.9 Å². The molecule has 1 rings (SSSR count). The lowest BCUT2D eigenvalue weighted by molar-refractivity contribution is -0.385. The third-order valence-corrected chi connectivity index (χ3v) is 2.67. The van der Waals surface area contributed by atoms with Gasteiger partial charge in [-0.3, -0.25) is 24.7 Å². The third-order valence-electron chi connectivity index (χ3n) is 2.67. The van der Waals surface area contributed by atoms with Crippen molar-refractivity contribution < 1.29 is 24.2 Å². The van der Waals surface area contributed by atoms with E-state index >= 15 is 0 Å². The molecule has 1 aromatic rings. The summed E-state index contributed by atoms with van der Waals surface area (Å²) in [6.07, 6.45) is 1.10. The van der Waals surface area contributed by atoms with E-state index in [1.54, 1.807) is 13.8 Å². The van der Waals surface area contributed by atoms with Crippen molar-refractivity contribution in [3.63, 3.8) is 0 Å². The maximum Gasteiger partial charge on any atom is 0.293 e. The third kappa shape index (κ3) is 3.71. The predicted octanol–water partition coefficient (Wildman–Crippen LogP) is 2.63. The fourth-order valence-corrected chi connectivity index (χ4v) is 1.69. The Morgan fingerprint density at radius 2 is 2.20 bits per heavy atom. The topological polar surface area (TPSA) is 87.9 Å². The standard InChI is InChI=1S/C13H15NO6/c1-4-19-20-13-6-11(10(3)7-18-8-15)12(14(16)17)5-9(13)2/h4-6,8,10H,1,7H2,2-3H3. The Morgan fingerprint density at radius 3 is 2.75 bits per heavy atom. The van der Waals surface area contributed by atoms with Gasteiger partial charge in [0, 0.05) is 23.1 Å². The van der Waals surface area contributed by atoms with Crippen LogP contribution in [0.25, 0.3) is 0 Å². The first-order valence-corrected chi connectivity index (χ1v) is 5.79. The molecule has 7 heteroatoms. The molecule has 0 spiro atoms. The molecule has 0 saturated heterocycles. The van der Waals surface area contributed by atoms with Crippen LogP contribution in [-0.4, -0.2) is 18.0 Å². The molecule has 0 aliphatic heterocycles. The molecule has 0 amide bonds. The summed E-state index contributed by atoms with van der Waals surface area (Å²) in [7, 11) is 0. The summed E-state index contributed by atoms with van der Waals surface area (Å²) in [6, 6.07) is 2.88. The molecule has 1 aromatic carbocycles. The Hall–Kier alpha value is -2.57. The molecule has 0 fully saturated rings. The number of carbonyl (C=O) groups is 1. The van der Waals surface area contributed by atoms with Crippen LogP contribution in [0.1, 0.15) is 24.0 Å². The van der Waals surface area contributed by atoms with Gasteiger partial charge < -0.3 is 4.74 Å². The van der Waals surface area contributed by atoms with Gasteiger partial charge in [0.2, 0.25) is 0 Å². The normalized spacial score (nSPS) is 11.3. The highest BCUT2D eigenvalue weighted by Crippen LogP contribution is 2.33. The molecule has 7 nitrogen and oxygen atoms in total. The SMILES string of the molecule is C=COOc1cc(C(C)COC=O)c([N+](=O)[O-])cc1C. The van der Waals surface area contributed by atoms with Crippen molar-refractivity contribution in [2.75, 3.05) is 6.61 Å². The van der Waals surface area contributed by atoms with Crippen LogP contribution in [0.5, 0.6) is 5.75 Å². The number of ether oxygens (including phenoxy) is 1. The molecule has 0 bridgehead atoms. The van der Waals surface area contributed by atoms with Gasteiger partial charge in [0.1, 0.15) is 6.26 Å². The summed E-state index contributed by atoms with van der Waals surface area (Å²) in [5, 5.41) is 11.1. The first kappa shape index (κ1) is 15.5.